The number of ether oxygens (including phenoxy) is 2. The standard InChI is InChI=1S/C36H45F3N8O3/c1-23(2)47(26-17-36(38,39)18-26)35(48)28-16-25(37)4-5-31(28)50-34-33(41-22-42-43-34)46-14-8-27(9-15-46)49-32-6-11-40-30-10-13-45(21-29(30)32)20-24-7-12-44(3)19-24/h4-6,11,16,22-24,26-27H,7-10,12-15,17-21H2,1-3H3/t24-/m1/s1. The maximum atomic E-state index is 14.5. The Balaban J connectivity index is 1.01. The number of fused-ring (bicyclic) bond motifs is 1. The zero-order valence-corrected chi connectivity index (χ0v) is 28.9. The Morgan fingerprint density at radius 1 is 1.06 bits per heavy atom. The van der Waals surface area contributed by atoms with E-state index in [1.807, 2.05) is 17.2 Å². The number of anilines is 1. The predicted octanol–water partition coefficient (Wildman–Crippen LogP) is 5.20. The summed E-state index contributed by atoms with van der Waals surface area (Å²) in [5, 5.41) is 8.09. The Morgan fingerprint density at radius 3 is 2.58 bits per heavy atom. The van der Waals surface area contributed by atoms with Crippen molar-refractivity contribution in [1.82, 2.24) is 34.9 Å². The van der Waals surface area contributed by atoms with Crippen molar-refractivity contribution in [1.29, 1.82) is 0 Å². The first-order chi connectivity index (χ1) is 24.0. The molecule has 14 heteroatoms. The first-order valence-corrected chi connectivity index (χ1v) is 17.7. The van der Waals surface area contributed by atoms with Gasteiger partial charge in [-0.15, -0.1) is 10.2 Å². The fraction of sp³-hybridized carbons (Fsp3) is 0.583. The molecule has 0 spiro atoms. The molecule has 0 radical (unpaired) electrons. The molecule has 268 valence electrons. The van der Waals surface area contributed by atoms with Gasteiger partial charge >= 0.3 is 0 Å². The Hall–Kier alpha value is -4.04. The summed E-state index contributed by atoms with van der Waals surface area (Å²) in [5.74, 6) is -1.89. The van der Waals surface area contributed by atoms with Crippen LogP contribution in [0, 0.1) is 11.7 Å². The third kappa shape index (κ3) is 7.51. The van der Waals surface area contributed by atoms with E-state index in [4.69, 9.17) is 9.47 Å². The van der Waals surface area contributed by atoms with Crippen LogP contribution in [-0.2, 0) is 13.0 Å². The number of carbonyl (C=O) groups excluding carboxylic acids is 1. The lowest BCUT2D eigenvalue weighted by Gasteiger charge is -2.44. The number of pyridine rings is 1. The van der Waals surface area contributed by atoms with E-state index in [1.54, 1.807) is 13.8 Å². The molecule has 0 bridgehead atoms. The number of nitrogens with zero attached hydrogens (tertiary/aromatic N) is 8. The van der Waals surface area contributed by atoms with Crippen molar-refractivity contribution in [2.24, 2.45) is 5.92 Å². The van der Waals surface area contributed by atoms with Crippen molar-refractivity contribution < 1.29 is 27.4 Å². The van der Waals surface area contributed by atoms with Crippen LogP contribution in [0.25, 0.3) is 0 Å². The third-order valence-electron chi connectivity index (χ3n) is 10.4. The Labute approximate surface area is 290 Å². The Bertz CT molecular complexity index is 1680. The largest absolute Gasteiger partial charge is 0.490 e. The predicted molar refractivity (Wildman–Crippen MR) is 180 cm³/mol. The average Bonchev–Trinajstić information content (AvgIpc) is 3.49. The summed E-state index contributed by atoms with van der Waals surface area (Å²) in [5.41, 5.74) is 2.23. The minimum Gasteiger partial charge on any atom is -0.490 e. The molecule has 50 heavy (non-hydrogen) atoms. The maximum absolute atomic E-state index is 14.5. The molecule has 2 aromatic heterocycles. The number of hydrogen-bond donors (Lipinski definition) is 0. The number of amides is 1. The smallest absolute Gasteiger partial charge is 0.282 e. The number of carbonyl (C=O) groups is 1. The van der Waals surface area contributed by atoms with Crippen LogP contribution in [0.5, 0.6) is 17.4 Å². The lowest BCUT2D eigenvalue weighted by Crippen LogP contribution is -2.55. The molecule has 5 heterocycles. The van der Waals surface area contributed by atoms with Crippen molar-refractivity contribution in [2.75, 3.05) is 51.2 Å². The van der Waals surface area contributed by atoms with Gasteiger partial charge in [0, 0.05) is 101 Å². The summed E-state index contributed by atoms with van der Waals surface area (Å²) in [6.45, 7) is 10.00. The van der Waals surface area contributed by atoms with Gasteiger partial charge in [0.15, 0.2) is 5.82 Å². The van der Waals surface area contributed by atoms with Crippen LogP contribution in [0.1, 0.15) is 67.6 Å². The van der Waals surface area contributed by atoms with E-state index in [-0.39, 0.29) is 29.3 Å². The number of benzene rings is 1. The number of likely N-dealkylation sites (tertiary alicyclic amines) is 1. The van der Waals surface area contributed by atoms with Crippen molar-refractivity contribution in [3.63, 3.8) is 0 Å². The van der Waals surface area contributed by atoms with Gasteiger partial charge in [0.05, 0.1) is 5.56 Å². The van der Waals surface area contributed by atoms with E-state index in [0.29, 0.717) is 24.8 Å². The highest BCUT2D eigenvalue weighted by Crippen LogP contribution is 2.42. The summed E-state index contributed by atoms with van der Waals surface area (Å²) >= 11 is 0. The molecule has 1 aliphatic carbocycles. The molecule has 0 N–H and O–H groups in total. The topological polar surface area (TPSA) is 100 Å². The van der Waals surface area contributed by atoms with Gasteiger partial charge in [0.1, 0.15) is 29.7 Å². The highest BCUT2D eigenvalue weighted by molar-refractivity contribution is 5.97. The van der Waals surface area contributed by atoms with E-state index in [9.17, 15) is 18.0 Å². The highest BCUT2D eigenvalue weighted by Gasteiger charge is 2.50. The van der Waals surface area contributed by atoms with Crippen LogP contribution in [-0.4, -0.2) is 111 Å². The minimum atomic E-state index is -2.82. The lowest BCUT2D eigenvalue weighted by molar-refractivity contribution is -0.120. The van der Waals surface area contributed by atoms with Crippen LogP contribution in [0.3, 0.4) is 0 Å². The van der Waals surface area contributed by atoms with Crippen molar-refractivity contribution in [3.8, 4) is 17.4 Å². The van der Waals surface area contributed by atoms with Gasteiger partial charge in [-0.3, -0.25) is 14.7 Å². The van der Waals surface area contributed by atoms with Crippen molar-refractivity contribution >= 4 is 11.7 Å². The van der Waals surface area contributed by atoms with Gasteiger partial charge in [-0.2, -0.15) is 0 Å². The highest BCUT2D eigenvalue weighted by atomic mass is 19.3. The molecule has 7 rings (SSSR count). The molecule has 2 saturated heterocycles. The molecule has 3 fully saturated rings. The van der Waals surface area contributed by atoms with E-state index in [1.165, 1.54) is 41.9 Å². The Kier molecular flexibility index (Phi) is 9.84. The second-order valence-corrected chi connectivity index (χ2v) is 14.5. The number of halogens is 3. The molecule has 3 aromatic rings. The van der Waals surface area contributed by atoms with E-state index in [0.717, 1.165) is 63.0 Å². The Morgan fingerprint density at radius 2 is 1.86 bits per heavy atom. The molecule has 1 atom stereocenters. The number of hydrogen-bond acceptors (Lipinski definition) is 10. The molecular formula is C36H45F3N8O3. The molecule has 1 saturated carbocycles. The summed E-state index contributed by atoms with van der Waals surface area (Å²) in [6, 6.07) is 4.55. The SMILES string of the molecule is CC(C)N(C(=O)c1cc(F)ccc1Oc1nncnc1N1CCC(Oc2ccnc3c2CN(C[C@@H]2CCN(C)C2)CC3)CC1)C1CC(F)(F)C1. The second kappa shape index (κ2) is 14.3. The quantitative estimate of drug-likeness (QED) is 0.282. The zero-order valence-electron chi connectivity index (χ0n) is 28.9. The van der Waals surface area contributed by atoms with Crippen LogP contribution in [0.15, 0.2) is 36.8 Å². The summed E-state index contributed by atoms with van der Waals surface area (Å²) in [6.07, 6.45) is 5.94. The summed E-state index contributed by atoms with van der Waals surface area (Å²) in [7, 11) is 2.19. The summed E-state index contributed by atoms with van der Waals surface area (Å²) in [4.78, 5) is 31.2. The maximum Gasteiger partial charge on any atom is 0.282 e. The normalized spacial score (nSPS) is 21.6. The number of aromatic nitrogens is 4. The van der Waals surface area contributed by atoms with Gasteiger partial charge in [0.2, 0.25) is 0 Å². The summed E-state index contributed by atoms with van der Waals surface area (Å²) < 4.78 is 54.8. The van der Waals surface area contributed by atoms with Crippen molar-refractivity contribution in [2.45, 2.75) is 83.0 Å². The van der Waals surface area contributed by atoms with Crippen LogP contribution in [0.2, 0.25) is 0 Å². The van der Waals surface area contributed by atoms with Gasteiger partial charge in [0.25, 0.3) is 17.7 Å². The van der Waals surface area contributed by atoms with Gasteiger partial charge < -0.3 is 24.2 Å². The van der Waals surface area contributed by atoms with Crippen LogP contribution >= 0.6 is 0 Å². The second-order valence-electron chi connectivity index (χ2n) is 14.5. The van der Waals surface area contributed by atoms with Gasteiger partial charge in [-0.1, -0.05) is 0 Å². The van der Waals surface area contributed by atoms with Crippen LogP contribution in [0.4, 0.5) is 19.0 Å². The fourth-order valence-corrected chi connectivity index (χ4v) is 7.83. The van der Waals surface area contributed by atoms with Gasteiger partial charge in [-0.25, -0.2) is 18.2 Å². The third-order valence-corrected chi connectivity index (χ3v) is 10.4. The lowest BCUT2D eigenvalue weighted by atomic mass is 9.85. The number of rotatable bonds is 10. The first-order valence-electron chi connectivity index (χ1n) is 17.7. The minimum absolute atomic E-state index is 0.00186. The molecule has 0 unspecified atom stereocenters. The molecule has 1 aromatic carbocycles. The molecule has 3 aliphatic heterocycles. The fourth-order valence-electron chi connectivity index (χ4n) is 7.83. The van der Waals surface area contributed by atoms with E-state index in [2.05, 4.69) is 37.0 Å². The number of alkyl halides is 2. The average molecular weight is 695 g/mol. The van der Waals surface area contributed by atoms with Crippen LogP contribution < -0.4 is 14.4 Å². The van der Waals surface area contributed by atoms with Crippen molar-refractivity contribution in [3.05, 3.63) is 59.4 Å². The van der Waals surface area contributed by atoms with E-state index < -0.39 is 36.5 Å². The van der Waals surface area contributed by atoms with Gasteiger partial charge in [-0.05, 0) is 64.0 Å². The number of piperidine rings is 1. The van der Waals surface area contributed by atoms with E-state index >= 15 is 0 Å². The molecular weight excluding hydrogens is 649 g/mol. The monoisotopic (exact) mass is 694 g/mol. The first kappa shape index (κ1) is 34.4. The zero-order chi connectivity index (χ0) is 35.0. The molecule has 1 amide bonds. The molecule has 4 aliphatic rings. The molecule has 11 nitrogen and oxygen atoms in total.